The molecule has 0 amide bonds. The quantitative estimate of drug-likeness (QED) is 0.544. The Bertz CT molecular complexity index is 755. The van der Waals surface area contributed by atoms with Crippen LogP contribution in [0, 0.1) is 0 Å². The SMILES string of the molecule is O=C(OC[C@@H]1O[C@@H](Br)[C@@H](F)[C@H]1OC(=O)c1ccccc1)c1ccccc1. The van der Waals surface area contributed by atoms with Gasteiger partial charge in [0.25, 0.3) is 0 Å². The number of carbonyl (C=O) groups is 2. The fourth-order valence-corrected chi connectivity index (χ4v) is 3.11. The van der Waals surface area contributed by atoms with Crippen LogP contribution in [0.1, 0.15) is 20.7 Å². The van der Waals surface area contributed by atoms with E-state index in [1.165, 1.54) is 0 Å². The number of alkyl halides is 2. The lowest BCUT2D eigenvalue weighted by molar-refractivity contribution is -0.0342. The fraction of sp³-hybridized carbons (Fsp3) is 0.263. The monoisotopic (exact) mass is 422 g/mol. The number of hydrogen-bond donors (Lipinski definition) is 0. The molecule has 0 radical (unpaired) electrons. The number of ether oxygens (including phenoxy) is 3. The van der Waals surface area contributed by atoms with Crippen molar-refractivity contribution < 1.29 is 28.2 Å². The molecule has 3 rings (SSSR count). The maximum absolute atomic E-state index is 14.4. The number of halogens is 2. The molecule has 1 saturated heterocycles. The fourth-order valence-electron chi connectivity index (χ4n) is 2.53. The molecule has 5 nitrogen and oxygen atoms in total. The van der Waals surface area contributed by atoms with Crippen molar-refractivity contribution in [1.29, 1.82) is 0 Å². The molecule has 1 aliphatic heterocycles. The lowest BCUT2D eigenvalue weighted by atomic mass is 10.1. The third-order valence-electron chi connectivity index (χ3n) is 3.88. The van der Waals surface area contributed by atoms with Crippen molar-refractivity contribution in [2.45, 2.75) is 23.4 Å². The summed E-state index contributed by atoms with van der Waals surface area (Å²) in [6.07, 6.45) is -3.67. The molecule has 136 valence electrons. The van der Waals surface area contributed by atoms with Gasteiger partial charge in [-0.15, -0.1) is 0 Å². The van der Waals surface area contributed by atoms with E-state index in [1.54, 1.807) is 60.7 Å². The molecule has 2 aromatic carbocycles. The number of carbonyl (C=O) groups excluding carboxylic acids is 2. The van der Waals surface area contributed by atoms with Gasteiger partial charge in [-0.25, -0.2) is 14.0 Å². The Morgan fingerprint density at radius 2 is 1.50 bits per heavy atom. The van der Waals surface area contributed by atoms with Crippen molar-refractivity contribution in [1.82, 2.24) is 0 Å². The van der Waals surface area contributed by atoms with E-state index < -0.39 is 35.3 Å². The standard InChI is InChI=1S/C19H16BrFO5/c20-17-15(21)16(26-19(23)13-9-5-2-6-10-13)14(25-17)11-24-18(22)12-7-3-1-4-8-12/h1-10,14-17H,11H2/t14-,15-,16-,17+/m0/s1. The summed E-state index contributed by atoms with van der Waals surface area (Å²) in [6, 6.07) is 16.7. The smallest absolute Gasteiger partial charge is 0.338 e. The molecule has 0 N–H and O–H groups in total. The predicted octanol–water partition coefficient (Wildman–Crippen LogP) is 3.53. The van der Waals surface area contributed by atoms with Gasteiger partial charge in [-0.2, -0.15) is 0 Å². The molecule has 2 aromatic rings. The zero-order valence-electron chi connectivity index (χ0n) is 13.6. The highest BCUT2D eigenvalue weighted by Crippen LogP contribution is 2.31. The Morgan fingerprint density at radius 3 is 2.08 bits per heavy atom. The van der Waals surface area contributed by atoms with E-state index >= 15 is 0 Å². The highest BCUT2D eigenvalue weighted by molar-refractivity contribution is 9.09. The maximum Gasteiger partial charge on any atom is 0.338 e. The summed E-state index contributed by atoms with van der Waals surface area (Å²) in [6.45, 7) is -0.233. The first-order valence-electron chi connectivity index (χ1n) is 7.98. The van der Waals surface area contributed by atoms with Crippen molar-refractivity contribution in [3.05, 3.63) is 71.8 Å². The van der Waals surface area contributed by atoms with Gasteiger partial charge < -0.3 is 14.2 Å². The van der Waals surface area contributed by atoms with Crippen LogP contribution in [0.3, 0.4) is 0 Å². The molecule has 0 unspecified atom stereocenters. The van der Waals surface area contributed by atoms with E-state index in [0.29, 0.717) is 11.1 Å². The van der Waals surface area contributed by atoms with Gasteiger partial charge in [-0.3, -0.25) is 0 Å². The summed E-state index contributed by atoms with van der Waals surface area (Å²) in [5, 5.41) is -0.948. The van der Waals surface area contributed by atoms with E-state index in [-0.39, 0.29) is 6.61 Å². The Balaban J connectivity index is 1.63. The minimum absolute atomic E-state index is 0.233. The third kappa shape index (κ3) is 4.28. The molecule has 1 fully saturated rings. The molecule has 1 aliphatic rings. The van der Waals surface area contributed by atoms with E-state index in [9.17, 15) is 14.0 Å². The average molecular weight is 423 g/mol. The minimum Gasteiger partial charge on any atom is -0.459 e. The molecule has 4 atom stereocenters. The van der Waals surface area contributed by atoms with Gasteiger partial charge in [0, 0.05) is 0 Å². The molecule has 1 heterocycles. The number of rotatable bonds is 5. The Hall–Kier alpha value is -2.25. The lowest BCUT2D eigenvalue weighted by Gasteiger charge is -2.19. The summed E-state index contributed by atoms with van der Waals surface area (Å²) in [5.41, 5.74) is 0.674. The van der Waals surface area contributed by atoms with Gasteiger partial charge in [0.1, 0.15) is 17.7 Å². The second-order valence-electron chi connectivity index (χ2n) is 5.67. The molecule has 0 saturated carbocycles. The molecular formula is C19H16BrFO5. The van der Waals surface area contributed by atoms with E-state index in [2.05, 4.69) is 15.9 Å². The van der Waals surface area contributed by atoms with Crippen LogP contribution in [0.2, 0.25) is 0 Å². The first-order chi connectivity index (χ1) is 12.6. The van der Waals surface area contributed by atoms with Gasteiger partial charge in [-0.05, 0) is 24.3 Å². The summed E-state index contributed by atoms with van der Waals surface area (Å²) < 4.78 is 30.2. The van der Waals surface area contributed by atoms with E-state index in [1.807, 2.05) is 0 Å². The highest BCUT2D eigenvalue weighted by atomic mass is 79.9. The average Bonchev–Trinajstić information content (AvgIpc) is 2.95. The van der Waals surface area contributed by atoms with Crippen molar-refractivity contribution in [2.24, 2.45) is 0 Å². The lowest BCUT2D eigenvalue weighted by Crippen LogP contribution is -2.37. The Kier molecular flexibility index (Phi) is 6.00. The van der Waals surface area contributed by atoms with Gasteiger partial charge in [-0.1, -0.05) is 52.3 Å². The van der Waals surface area contributed by atoms with Crippen molar-refractivity contribution in [3.8, 4) is 0 Å². The van der Waals surface area contributed by atoms with Crippen LogP contribution >= 0.6 is 15.9 Å². The molecule has 0 aromatic heterocycles. The second kappa shape index (κ2) is 8.42. The molecule has 0 aliphatic carbocycles. The van der Waals surface area contributed by atoms with Crippen molar-refractivity contribution in [3.63, 3.8) is 0 Å². The van der Waals surface area contributed by atoms with Crippen LogP contribution in [0.5, 0.6) is 0 Å². The minimum atomic E-state index is -1.58. The summed E-state index contributed by atoms with van der Waals surface area (Å²) in [4.78, 5) is 24.2. The number of esters is 2. The van der Waals surface area contributed by atoms with Crippen LogP contribution in [-0.4, -0.2) is 41.9 Å². The second-order valence-corrected chi connectivity index (χ2v) is 6.57. The summed E-state index contributed by atoms with van der Waals surface area (Å²) in [5.74, 6) is -1.22. The van der Waals surface area contributed by atoms with Crippen LogP contribution in [0.15, 0.2) is 60.7 Å². The Morgan fingerprint density at radius 1 is 0.962 bits per heavy atom. The Labute approximate surface area is 158 Å². The topological polar surface area (TPSA) is 61.8 Å². The summed E-state index contributed by atoms with van der Waals surface area (Å²) >= 11 is 3.05. The predicted molar refractivity (Wildman–Crippen MR) is 94.9 cm³/mol. The molecular weight excluding hydrogens is 407 g/mol. The third-order valence-corrected chi connectivity index (χ3v) is 4.60. The first-order valence-corrected chi connectivity index (χ1v) is 8.89. The van der Waals surface area contributed by atoms with Gasteiger partial charge in [0.15, 0.2) is 12.3 Å². The molecule has 26 heavy (non-hydrogen) atoms. The normalized spacial score (nSPS) is 24.8. The molecule has 0 spiro atoms. The highest BCUT2D eigenvalue weighted by Gasteiger charge is 2.47. The largest absolute Gasteiger partial charge is 0.459 e. The maximum atomic E-state index is 14.4. The summed E-state index contributed by atoms with van der Waals surface area (Å²) in [7, 11) is 0. The van der Waals surface area contributed by atoms with Gasteiger partial charge in [0.05, 0.1) is 11.1 Å². The number of hydrogen-bond acceptors (Lipinski definition) is 5. The molecule has 7 heteroatoms. The van der Waals surface area contributed by atoms with Crippen LogP contribution in [0.25, 0.3) is 0 Å². The van der Waals surface area contributed by atoms with Gasteiger partial charge >= 0.3 is 11.9 Å². The van der Waals surface area contributed by atoms with Crippen molar-refractivity contribution in [2.75, 3.05) is 6.61 Å². The van der Waals surface area contributed by atoms with Gasteiger partial charge in [0.2, 0.25) is 0 Å². The first kappa shape index (κ1) is 18.5. The van der Waals surface area contributed by atoms with Crippen molar-refractivity contribution >= 4 is 27.9 Å². The van der Waals surface area contributed by atoms with Crippen LogP contribution in [0.4, 0.5) is 4.39 Å². The van der Waals surface area contributed by atoms with E-state index in [0.717, 1.165) is 0 Å². The van der Waals surface area contributed by atoms with Crippen LogP contribution in [-0.2, 0) is 14.2 Å². The van der Waals surface area contributed by atoms with E-state index in [4.69, 9.17) is 14.2 Å². The van der Waals surface area contributed by atoms with Crippen LogP contribution < -0.4 is 0 Å². The zero-order chi connectivity index (χ0) is 18.5. The molecule has 0 bridgehead atoms. The number of benzene rings is 2. The zero-order valence-corrected chi connectivity index (χ0v) is 15.2.